The fraction of sp³-hybridized carbons (Fsp3) is 0.440. The fourth-order valence-corrected chi connectivity index (χ4v) is 2.76. The third-order valence-electron chi connectivity index (χ3n) is 4.96. The number of hydrogen-bond acceptors (Lipinski definition) is 4. The molecule has 0 saturated carbocycles. The Morgan fingerprint density at radius 3 is 1.77 bits per heavy atom. The van der Waals surface area contributed by atoms with Crippen molar-refractivity contribution in [3.8, 4) is 11.5 Å². The number of amides is 2. The maximum atomic E-state index is 12.6. The van der Waals surface area contributed by atoms with E-state index in [-0.39, 0.29) is 30.1 Å². The van der Waals surface area contributed by atoms with E-state index in [1.165, 1.54) is 0 Å². The molecule has 2 aromatic carbocycles. The van der Waals surface area contributed by atoms with Gasteiger partial charge >= 0.3 is 0 Å². The van der Waals surface area contributed by atoms with Crippen LogP contribution in [-0.2, 0) is 0 Å². The lowest BCUT2D eigenvalue weighted by Crippen LogP contribution is -2.41. The summed E-state index contributed by atoms with van der Waals surface area (Å²) >= 11 is 0. The third kappa shape index (κ3) is 7.96. The van der Waals surface area contributed by atoms with Crippen LogP contribution in [0.4, 0.5) is 0 Å². The summed E-state index contributed by atoms with van der Waals surface area (Å²) < 4.78 is 11.6. The van der Waals surface area contributed by atoms with E-state index in [1.807, 2.05) is 46.8 Å². The van der Waals surface area contributed by atoms with Crippen molar-refractivity contribution in [2.24, 2.45) is 0 Å². The van der Waals surface area contributed by atoms with E-state index < -0.39 is 0 Å². The Hall–Kier alpha value is -3.02. The Kier molecular flexibility index (Phi) is 9.38. The summed E-state index contributed by atoms with van der Waals surface area (Å²) in [5.41, 5.74) is 1.04. The number of nitrogens with one attached hydrogen (secondary N) is 2. The van der Waals surface area contributed by atoms with Gasteiger partial charge in [0.25, 0.3) is 11.8 Å². The zero-order chi connectivity index (χ0) is 22.8. The molecule has 0 saturated heterocycles. The van der Waals surface area contributed by atoms with E-state index in [0.717, 1.165) is 12.8 Å². The average Bonchev–Trinajstić information content (AvgIpc) is 2.77. The lowest BCUT2D eigenvalue weighted by Gasteiger charge is -2.17. The summed E-state index contributed by atoms with van der Waals surface area (Å²) in [6.07, 6.45) is 1.95. The number of hydrogen-bond donors (Lipinski definition) is 2. The maximum Gasteiger partial charge on any atom is 0.251 e. The molecule has 31 heavy (non-hydrogen) atoms. The van der Waals surface area contributed by atoms with E-state index in [4.69, 9.17) is 9.47 Å². The zero-order valence-corrected chi connectivity index (χ0v) is 19.1. The Morgan fingerprint density at radius 1 is 0.806 bits per heavy atom. The van der Waals surface area contributed by atoms with Crippen LogP contribution in [0.1, 0.15) is 68.2 Å². The molecule has 168 valence electrons. The molecule has 0 heterocycles. The molecule has 0 aromatic heterocycles. The molecule has 6 heteroatoms. The second-order valence-electron chi connectivity index (χ2n) is 7.81. The van der Waals surface area contributed by atoms with Crippen molar-refractivity contribution in [1.82, 2.24) is 10.6 Å². The van der Waals surface area contributed by atoms with Gasteiger partial charge in [-0.2, -0.15) is 0 Å². The SMILES string of the molecule is CCC(C)Oc1cccc(C(=O)NCC(C)NC(=O)c2cccc(OC(C)CC)c2)c1. The molecule has 0 aliphatic rings. The van der Waals surface area contributed by atoms with Crippen molar-refractivity contribution in [3.05, 3.63) is 59.7 Å². The highest BCUT2D eigenvalue weighted by molar-refractivity contribution is 5.95. The number of carbonyl (C=O) groups is 2. The first kappa shape index (κ1) is 24.3. The summed E-state index contributed by atoms with van der Waals surface area (Å²) in [7, 11) is 0. The van der Waals surface area contributed by atoms with Gasteiger partial charge in [-0.25, -0.2) is 0 Å². The van der Waals surface area contributed by atoms with Crippen LogP contribution in [0, 0.1) is 0 Å². The summed E-state index contributed by atoms with van der Waals surface area (Å²) in [5, 5.41) is 5.77. The molecule has 3 atom stereocenters. The molecule has 0 aliphatic carbocycles. The van der Waals surface area contributed by atoms with Gasteiger partial charge in [0.05, 0.1) is 12.2 Å². The number of ether oxygens (including phenoxy) is 2. The number of benzene rings is 2. The molecule has 2 N–H and O–H groups in total. The van der Waals surface area contributed by atoms with E-state index >= 15 is 0 Å². The summed E-state index contributed by atoms with van der Waals surface area (Å²) in [6, 6.07) is 14.0. The van der Waals surface area contributed by atoms with Gasteiger partial charge in [-0.15, -0.1) is 0 Å². The largest absolute Gasteiger partial charge is 0.491 e. The van der Waals surface area contributed by atoms with Crippen LogP contribution in [0.2, 0.25) is 0 Å². The van der Waals surface area contributed by atoms with Crippen molar-refractivity contribution in [1.29, 1.82) is 0 Å². The first-order valence-corrected chi connectivity index (χ1v) is 10.9. The predicted octanol–water partition coefficient (Wildman–Crippen LogP) is 4.59. The predicted molar refractivity (Wildman–Crippen MR) is 123 cm³/mol. The van der Waals surface area contributed by atoms with Gasteiger partial charge in [-0.1, -0.05) is 26.0 Å². The Morgan fingerprint density at radius 2 is 1.29 bits per heavy atom. The van der Waals surface area contributed by atoms with E-state index in [9.17, 15) is 9.59 Å². The van der Waals surface area contributed by atoms with Crippen LogP contribution < -0.4 is 20.1 Å². The Bertz CT molecular complexity index is 868. The highest BCUT2D eigenvalue weighted by atomic mass is 16.5. The second kappa shape index (κ2) is 12.0. The number of carbonyl (C=O) groups excluding carboxylic acids is 2. The van der Waals surface area contributed by atoms with Crippen LogP contribution in [-0.4, -0.2) is 36.6 Å². The number of rotatable bonds is 11. The highest BCUT2D eigenvalue weighted by Crippen LogP contribution is 2.17. The quantitative estimate of drug-likeness (QED) is 0.551. The van der Waals surface area contributed by atoms with Crippen LogP contribution >= 0.6 is 0 Å². The molecular weight excluding hydrogens is 392 g/mol. The van der Waals surface area contributed by atoms with Gasteiger partial charge in [0.15, 0.2) is 0 Å². The van der Waals surface area contributed by atoms with Gasteiger partial charge in [0.2, 0.25) is 0 Å². The summed E-state index contributed by atoms with van der Waals surface area (Å²) in [6.45, 7) is 10.2. The van der Waals surface area contributed by atoms with Gasteiger partial charge in [0.1, 0.15) is 11.5 Å². The minimum absolute atomic E-state index is 0.0848. The highest BCUT2D eigenvalue weighted by Gasteiger charge is 2.14. The van der Waals surface area contributed by atoms with Gasteiger partial charge in [0, 0.05) is 23.7 Å². The average molecular weight is 427 g/mol. The van der Waals surface area contributed by atoms with Crippen molar-refractivity contribution in [3.63, 3.8) is 0 Å². The standard InChI is InChI=1S/C25H34N2O4/c1-6-18(4)30-22-12-8-10-20(14-22)24(28)26-16-17(3)27-25(29)21-11-9-13-23(15-21)31-19(5)7-2/h8-15,17-19H,6-7,16H2,1-5H3,(H,26,28)(H,27,29). The lowest BCUT2D eigenvalue weighted by molar-refractivity contribution is 0.0911. The van der Waals surface area contributed by atoms with Crippen LogP contribution in [0.5, 0.6) is 11.5 Å². The first-order chi connectivity index (χ1) is 14.8. The fourth-order valence-electron chi connectivity index (χ4n) is 2.76. The topological polar surface area (TPSA) is 76.7 Å². The van der Waals surface area contributed by atoms with Gasteiger partial charge in [-0.05, 0) is 70.0 Å². The van der Waals surface area contributed by atoms with E-state index in [2.05, 4.69) is 10.6 Å². The van der Waals surface area contributed by atoms with Crippen LogP contribution in [0.3, 0.4) is 0 Å². The summed E-state index contributed by atoms with van der Waals surface area (Å²) in [5.74, 6) is 0.922. The Balaban J connectivity index is 1.88. The molecule has 2 rings (SSSR count). The van der Waals surface area contributed by atoms with Crippen molar-refractivity contribution in [2.75, 3.05) is 6.54 Å². The van der Waals surface area contributed by atoms with Crippen molar-refractivity contribution in [2.45, 2.75) is 65.7 Å². The smallest absolute Gasteiger partial charge is 0.251 e. The maximum absolute atomic E-state index is 12.6. The molecule has 0 radical (unpaired) electrons. The normalized spacial score (nSPS) is 13.6. The van der Waals surface area contributed by atoms with Crippen molar-refractivity contribution < 1.29 is 19.1 Å². The monoisotopic (exact) mass is 426 g/mol. The molecule has 2 amide bonds. The molecular formula is C25H34N2O4. The molecule has 0 spiro atoms. The lowest BCUT2D eigenvalue weighted by atomic mass is 10.1. The third-order valence-corrected chi connectivity index (χ3v) is 4.96. The molecule has 0 bridgehead atoms. The van der Waals surface area contributed by atoms with Crippen LogP contribution in [0.25, 0.3) is 0 Å². The Labute approximate surface area is 185 Å². The molecule has 6 nitrogen and oxygen atoms in total. The van der Waals surface area contributed by atoms with Crippen molar-refractivity contribution >= 4 is 11.8 Å². The zero-order valence-electron chi connectivity index (χ0n) is 19.1. The first-order valence-electron chi connectivity index (χ1n) is 10.9. The molecule has 0 aliphatic heterocycles. The summed E-state index contributed by atoms with van der Waals surface area (Å²) in [4.78, 5) is 25.0. The van der Waals surface area contributed by atoms with E-state index in [0.29, 0.717) is 29.2 Å². The minimum Gasteiger partial charge on any atom is -0.491 e. The molecule has 3 unspecified atom stereocenters. The molecule has 0 fully saturated rings. The second-order valence-corrected chi connectivity index (χ2v) is 7.81. The van der Waals surface area contributed by atoms with E-state index in [1.54, 1.807) is 36.4 Å². The van der Waals surface area contributed by atoms with Gasteiger partial charge < -0.3 is 20.1 Å². The van der Waals surface area contributed by atoms with Crippen LogP contribution in [0.15, 0.2) is 48.5 Å². The minimum atomic E-state index is -0.241. The van der Waals surface area contributed by atoms with Gasteiger partial charge in [-0.3, -0.25) is 9.59 Å². The molecule has 2 aromatic rings.